The highest BCUT2D eigenvalue weighted by atomic mass is 16.5. The van der Waals surface area contributed by atoms with Crippen molar-refractivity contribution >= 4 is 11.6 Å². The molecule has 0 bridgehead atoms. The van der Waals surface area contributed by atoms with Gasteiger partial charge in [0.15, 0.2) is 6.10 Å². The third-order valence-corrected chi connectivity index (χ3v) is 6.16. The summed E-state index contributed by atoms with van der Waals surface area (Å²) in [5, 5.41) is 2.91. The molecule has 0 aliphatic rings. The number of nitrogens with one attached hydrogen (secondary N) is 1. The molecule has 0 spiro atoms. The molecule has 157 valence electrons. The Morgan fingerprint density at radius 3 is 2.28 bits per heavy atom. The maximum atomic E-state index is 12.8. The fraction of sp³-hybridized carbons (Fsp3) is 0.500. The Balaban J connectivity index is 2.35. The van der Waals surface area contributed by atoms with Crippen molar-refractivity contribution in [3.05, 3.63) is 59.7 Å². The zero-order chi connectivity index (χ0) is 21.7. The normalized spacial score (nSPS) is 13.1. The van der Waals surface area contributed by atoms with Gasteiger partial charge in [-0.25, -0.2) is 0 Å². The summed E-state index contributed by atoms with van der Waals surface area (Å²) in [6.45, 7) is 15.4. The van der Waals surface area contributed by atoms with E-state index in [0.717, 1.165) is 24.2 Å². The van der Waals surface area contributed by atoms with Crippen molar-refractivity contribution < 1.29 is 9.53 Å². The topological polar surface area (TPSA) is 38.3 Å². The van der Waals surface area contributed by atoms with E-state index in [4.69, 9.17) is 4.74 Å². The zero-order valence-corrected chi connectivity index (χ0v) is 19.1. The molecule has 2 aromatic carbocycles. The molecule has 0 saturated heterocycles. The molecule has 0 fully saturated rings. The maximum Gasteiger partial charge on any atom is 0.265 e. The minimum absolute atomic E-state index is 0.0445. The highest BCUT2D eigenvalue weighted by Crippen LogP contribution is 2.39. The van der Waals surface area contributed by atoms with E-state index >= 15 is 0 Å². The van der Waals surface area contributed by atoms with E-state index in [2.05, 4.69) is 65.1 Å². The number of carbonyl (C=O) groups excluding carboxylic acids is 1. The lowest BCUT2D eigenvalue weighted by molar-refractivity contribution is -0.122. The van der Waals surface area contributed by atoms with E-state index in [-0.39, 0.29) is 16.7 Å². The first-order valence-electron chi connectivity index (χ1n) is 10.7. The molecular formula is C26H36NO2. The Morgan fingerprint density at radius 1 is 1.03 bits per heavy atom. The van der Waals surface area contributed by atoms with Crippen molar-refractivity contribution in [2.75, 3.05) is 5.32 Å². The minimum atomic E-state index is -0.556. The van der Waals surface area contributed by atoms with Gasteiger partial charge >= 0.3 is 0 Å². The maximum absolute atomic E-state index is 12.8. The predicted molar refractivity (Wildman–Crippen MR) is 122 cm³/mol. The molecule has 2 rings (SSSR count). The van der Waals surface area contributed by atoms with Crippen LogP contribution in [0, 0.1) is 6.07 Å². The molecule has 0 saturated carbocycles. The first-order chi connectivity index (χ1) is 13.6. The van der Waals surface area contributed by atoms with Crippen LogP contribution < -0.4 is 10.1 Å². The first-order valence-corrected chi connectivity index (χ1v) is 10.7. The van der Waals surface area contributed by atoms with Crippen LogP contribution in [0.15, 0.2) is 42.5 Å². The van der Waals surface area contributed by atoms with E-state index in [9.17, 15) is 4.79 Å². The lowest BCUT2D eigenvalue weighted by atomic mass is 9.76. The second kappa shape index (κ2) is 9.47. The van der Waals surface area contributed by atoms with Crippen LogP contribution >= 0.6 is 0 Å². The van der Waals surface area contributed by atoms with E-state index in [1.54, 1.807) is 6.07 Å². The molecule has 1 amide bonds. The summed E-state index contributed by atoms with van der Waals surface area (Å²) in [4.78, 5) is 12.8. The smallest absolute Gasteiger partial charge is 0.265 e. The van der Waals surface area contributed by atoms with Gasteiger partial charge in [0, 0.05) is 17.3 Å². The van der Waals surface area contributed by atoms with E-state index in [1.807, 2.05) is 31.2 Å². The van der Waals surface area contributed by atoms with Crippen molar-refractivity contribution in [1.82, 2.24) is 0 Å². The van der Waals surface area contributed by atoms with E-state index < -0.39 is 6.10 Å². The number of para-hydroxylation sites is 1. The van der Waals surface area contributed by atoms with Gasteiger partial charge < -0.3 is 10.1 Å². The van der Waals surface area contributed by atoms with Crippen molar-refractivity contribution in [2.24, 2.45) is 0 Å². The van der Waals surface area contributed by atoms with Crippen LogP contribution in [-0.4, -0.2) is 12.0 Å². The number of hydrogen-bond donors (Lipinski definition) is 1. The number of ether oxygens (including phenoxy) is 1. The highest BCUT2D eigenvalue weighted by Gasteiger charge is 2.28. The van der Waals surface area contributed by atoms with Gasteiger partial charge in [0.05, 0.1) is 0 Å². The lowest BCUT2D eigenvalue weighted by Gasteiger charge is -2.31. The minimum Gasteiger partial charge on any atom is -0.480 e. The molecule has 0 heterocycles. The zero-order valence-electron chi connectivity index (χ0n) is 19.1. The van der Waals surface area contributed by atoms with Gasteiger partial charge in [0.1, 0.15) is 5.75 Å². The standard InChI is InChI=1S/C26H36NO2/c1-8-22(24(28)27-20-14-12-11-13-15-20)29-23-17-16-19(25(4,5)9-2)18-21(23)26(6,7)10-3/h11-14,16-18,22H,8-10H2,1-7H3,(H,27,28). The lowest BCUT2D eigenvalue weighted by Crippen LogP contribution is -2.33. The third-order valence-electron chi connectivity index (χ3n) is 6.16. The summed E-state index contributed by atoms with van der Waals surface area (Å²) < 4.78 is 6.29. The fourth-order valence-corrected chi connectivity index (χ4v) is 3.14. The van der Waals surface area contributed by atoms with Gasteiger partial charge in [-0.3, -0.25) is 4.79 Å². The molecular weight excluding hydrogens is 358 g/mol. The van der Waals surface area contributed by atoms with E-state index in [1.165, 1.54) is 5.56 Å². The van der Waals surface area contributed by atoms with Crippen LogP contribution in [0.4, 0.5) is 5.69 Å². The van der Waals surface area contributed by atoms with Gasteiger partial charge in [0.25, 0.3) is 5.91 Å². The molecule has 0 aliphatic heterocycles. The Morgan fingerprint density at radius 2 is 1.72 bits per heavy atom. The molecule has 2 aromatic rings. The summed E-state index contributed by atoms with van der Waals surface area (Å²) in [5.41, 5.74) is 3.18. The van der Waals surface area contributed by atoms with Crippen LogP contribution in [0.5, 0.6) is 5.75 Å². The number of rotatable bonds is 9. The summed E-state index contributed by atoms with van der Waals surface area (Å²) in [6, 6.07) is 16.9. The van der Waals surface area contributed by atoms with Crippen molar-refractivity contribution in [2.45, 2.75) is 84.7 Å². The van der Waals surface area contributed by atoms with Gasteiger partial charge in [0.2, 0.25) is 0 Å². The van der Waals surface area contributed by atoms with Gasteiger partial charge in [-0.05, 0) is 47.8 Å². The van der Waals surface area contributed by atoms with Gasteiger partial charge in [-0.2, -0.15) is 0 Å². The quantitative estimate of drug-likeness (QED) is 0.516. The van der Waals surface area contributed by atoms with Crippen LogP contribution in [-0.2, 0) is 15.6 Å². The monoisotopic (exact) mass is 394 g/mol. The number of anilines is 1. The summed E-state index contributed by atoms with van der Waals surface area (Å²) in [6.07, 6.45) is 2.08. The second-order valence-electron chi connectivity index (χ2n) is 8.97. The molecule has 1 atom stereocenters. The summed E-state index contributed by atoms with van der Waals surface area (Å²) >= 11 is 0. The Hall–Kier alpha value is -2.29. The second-order valence-corrected chi connectivity index (χ2v) is 8.97. The van der Waals surface area contributed by atoms with Crippen molar-refractivity contribution in [3.63, 3.8) is 0 Å². The number of carbonyl (C=O) groups is 1. The van der Waals surface area contributed by atoms with Crippen LogP contribution in [0.3, 0.4) is 0 Å². The summed E-state index contributed by atoms with van der Waals surface area (Å²) in [5.74, 6) is 0.653. The Bertz CT molecular complexity index is 809. The van der Waals surface area contributed by atoms with Crippen LogP contribution in [0.1, 0.15) is 78.9 Å². The van der Waals surface area contributed by atoms with E-state index in [0.29, 0.717) is 12.1 Å². The molecule has 1 unspecified atom stereocenters. The Kier molecular flexibility index (Phi) is 7.51. The van der Waals surface area contributed by atoms with Crippen molar-refractivity contribution in [3.8, 4) is 5.75 Å². The average Bonchev–Trinajstić information content (AvgIpc) is 2.72. The van der Waals surface area contributed by atoms with Crippen LogP contribution in [0.2, 0.25) is 0 Å². The summed E-state index contributed by atoms with van der Waals surface area (Å²) in [7, 11) is 0. The molecule has 29 heavy (non-hydrogen) atoms. The van der Waals surface area contributed by atoms with Crippen LogP contribution in [0.25, 0.3) is 0 Å². The average molecular weight is 395 g/mol. The number of benzene rings is 2. The predicted octanol–water partition coefficient (Wildman–Crippen LogP) is 6.66. The van der Waals surface area contributed by atoms with Gasteiger partial charge in [-0.15, -0.1) is 0 Å². The fourth-order valence-electron chi connectivity index (χ4n) is 3.14. The molecule has 3 nitrogen and oxygen atoms in total. The SMILES string of the molecule is CCC(Oc1ccc(C(C)(C)CC)cc1C(C)(C)CC)C(=O)Nc1[c]cccc1. The molecule has 3 heteroatoms. The first kappa shape index (κ1) is 23.0. The molecule has 0 aliphatic carbocycles. The highest BCUT2D eigenvalue weighted by molar-refractivity contribution is 5.94. The Labute approximate surface area is 176 Å². The molecule has 0 aromatic heterocycles. The van der Waals surface area contributed by atoms with Gasteiger partial charge in [-0.1, -0.05) is 78.8 Å². The van der Waals surface area contributed by atoms with Crippen molar-refractivity contribution in [1.29, 1.82) is 0 Å². The molecule has 1 N–H and O–H groups in total. The number of hydrogen-bond acceptors (Lipinski definition) is 2. The largest absolute Gasteiger partial charge is 0.480 e. The number of amides is 1. The molecule has 1 radical (unpaired) electrons. The third kappa shape index (κ3) is 5.62.